The van der Waals surface area contributed by atoms with Gasteiger partial charge in [-0.1, -0.05) is 6.92 Å². The molecule has 1 aromatic carbocycles. The molecule has 0 heterocycles. The molecule has 1 rings (SSSR count). The fourth-order valence-corrected chi connectivity index (χ4v) is 2.06. The Morgan fingerprint density at radius 2 is 1.68 bits per heavy atom. The van der Waals surface area contributed by atoms with Gasteiger partial charge in [0.1, 0.15) is 11.6 Å². The summed E-state index contributed by atoms with van der Waals surface area (Å²) in [6.07, 6.45) is 0.970. The number of hydrogen-bond donors (Lipinski definition) is 1. The van der Waals surface area contributed by atoms with E-state index in [0.29, 0.717) is 5.56 Å². The monoisotopic (exact) mass is 270 g/mol. The molecule has 0 spiro atoms. The molecule has 19 heavy (non-hydrogen) atoms. The summed E-state index contributed by atoms with van der Waals surface area (Å²) in [6.45, 7) is 6.99. The number of nitrogens with zero attached hydrogens (tertiary/aromatic N) is 1. The van der Waals surface area contributed by atoms with E-state index < -0.39 is 11.6 Å². The van der Waals surface area contributed by atoms with Crippen molar-refractivity contribution < 1.29 is 8.78 Å². The summed E-state index contributed by atoms with van der Waals surface area (Å²) in [5.74, 6) is -1.07. The highest BCUT2D eigenvalue weighted by Crippen LogP contribution is 2.30. The van der Waals surface area contributed by atoms with E-state index in [4.69, 9.17) is 0 Å². The lowest BCUT2D eigenvalue weighted by Gasteiger charge is -2.41. The summed E-state index contributed by atoms with van der Waals surface area (Å²) < 4.78 is 26.8. The van der Waals surface area contributed by atoms with Crippen LogP contribution in [0.5, 0.6) is 0 Å². The maximum absolute atomic E-state index is 13.4. The zero-order valence-electron chi connectivity index (χ0n) is 12.4. The van der Waals surface area contributed by atoms with Crippen LogP contribution in [-0.4, -0.2) is 31.1 Å². The van der Waals surface area contributed by atoms with Crippen molar-refractivity contribution in [3.63, 3.8) is 0 Å². The molecule has 1 atom stereocenters. The van der Waals surface area contributed by atoms with Gasteiger partial charge in [-0.2, -0.15) is 0 Å². The predicted molar refractivity (Wildman–Crippen MR) is 75.2 cm³/mol. The molecular weight excluding hydrogens is 246 g/mol. The van der Waals surface area contributed by atoms with E-state index in [9.17, 15) is 8.78 Å². The van der Waals surface area contributed by atoms with Crippen LogP contribution in [0.15, 0.2) is 18.2 Å². The highest BCUT2D eigenvalue weighted by atomic mass is 19.1. The average Bonchev–Trinajstić information content (AvgIpc) is 2.27. The first-order valence-corrected chi connectivity index (χ1v) is 6.65. The third-order valence-electron chi connectivity index (χ3n) is 3.68. The molecule has 0 aliphatic heterocycles. The van der Waals surface area contributed by atoms with Crippen molar-refractivity contribution in [1.29, 1.82) is 0 Å². The fourth-order valence-electron chi connectivity index (χ4n) is 2.06. The zero-order valence-corrected chi connectivity index (χ0v) is 12.4. The molecule has 1 N–H and O–H groups in total. The van der Waals surface area contributed by atoms with Crippen molar-refractivity contribution in [3.8, 4) is 0 Å². The molecule has 4 heteroatoms. The lowest BCUT2D eigenvalue weighted by molar-refractivity contribution is 0.137. The Morgan fingerprint density at radius 3 is 2.11 bits per heavy atom. The summed E-state index contributed by atoms with van der Waals surface area (Å²) in [7, 11) is 3.94. The van der Waals surface area contributed by atoms with Crippen molar-refractivity contribution >= 4 is 0 Å². The Hall–Kier alpha value is -1.00. The van der Waals surface area contributed by atoms with E-state index in [2.05, 4.69) is 31.0 Å². The molecule has 0 radical (unpaired) electrons. The number of hydrogen-bond acceptors (Lipinski definition) is 2. The largest absolute Gasteiger partial charge is 0.308 e. The predicted octanol–water partition coefficient (Wildman–Crippen LogP) is 3.35. The first-order valence-electron chi connectivity index (χ1n) is 6.65. The quantitative estimate of drug-likeness (QED) is 0.853. The molecule has 0 aromatic heterocycles. The van der Waals surface area contributed by atoms with Crippen LogP contribution in [0.3, 0.4) is 0 Å². The Morgan fingerprint density at radius 1 is 1.16 bits per heavy atom. The second-order valence-electron chi connectivity index (χ2n) is 5.64. The smallest absolute Gasteiger partial charge is 0.126 e. The molecule has 0 aliphatic rings. The Bertz CT molecular complexity index is 396. The fraction of sp³-hybridized carbons (Fsp3) is 0.600. The lowest BCUT2D eigenvalue weighted by atomic mass is 9.87. The minimum atomic E-state index is -0.534. The minimum absolute atomic E-state index is 0.132. The molecule has 1 aromatic rings. The van der Waals surface area contributed by atoms with Gasteiger partial charge in [-0.3, -0.25) is 0 Å². The number of benzene rings is 1. The van der Waals surface area contributed by atoms with Gasteiger partial charge >= 0.3 is 0 Å². The van der Waals surface area contributed by atoms with Gasteiger partial charge < -0.3 is 10.2 Å². The first kappa shape index (κ1) is 16.1. The van der Waals surface area contributed by atoms with Crippen LogP contribution < -0.4 is 5.32 Å². The molecule has 1 unspecified atom stereocenters. The van der Waals surface area contributed by atoms with Gasteiger partial charge in [0.25, 0.3) is 0 Å². The van der Waals surface area contributed by atoms with Gasteiger partial charge in [0, 0.05) is 11.6 Å². The van der Waals surface area contributed by atoms with E-state index in [1.807, 2.05) is 14.1 Å². The van der Waals surface area contributed by atoms with Crippen molar-refractivity contribution in [2.24, 2.45) is 0 Å². The van der Waals surface area contributed by atoms with Crippen LogP contribution in [0.4, 0.5) is 8.78 Å². The topological polar surface area (TPSA) is 15.3 Å². The average molecular weight is 270 g/mol. The van der Waals surface area contributed by atoms with Gasteiger partial charge in [0.05, 0.1) is 6.04 Å². The van der Waals surface area contributed by atoms with Crippen molar-refractivity contribution in [1.82, 2.24) is 10.2 Å². The number of halogens is 2. The van der Waals surface area contributed by atoms with Crippen LogP contribution in [0.1, 0.15) is 38.8 Å². The summed E-state index contributed by atoms with van der Waals surface area (Å²) >= 11 is 0. The molecular formula is C15H24F2N2. The minimum Gasteiger partial charge on any atom is -0.308 e. The third kappa shape index (κ3) is 3.98. The molecule has 2 nitrogen and oxygen atoms in total. The summed E-state index contributed by atoms with van der Waals surface area (Å²) in [6, 6.07) is 3.58. The van der Waals surface area contributed by atoms with Crippen molar-refractivity contribution in [2.45, 2.75) is 38.8 Å². The van der Waals surface area contributed by atoms with E-state index in [1.165, 1.54) is 12.1 Å². The number of rotatable bonds is 6. The molecule has 0 saturated carbocycles. The first-order chi connectivity index (χ1) is 8.78. The zero-order chi connectivity index (χ0) is 14.6. The SMILES string of the molecule is CCCNC(c1cc(F)cc(F)c1)C(C)(C)N(C)C. The molecule has 0 fully saturated rings. The number of nitrogens with one attached hydrogen (secondary N) is 1. The molecule has 0 aliphatic carbocycles. The third-order valence-corrected chi connectivity index (χ3v) is 3.68. The van der Waals surface area contributed by atoms with Crippen LogP contribution in [0.25, 0.3) is 0 Å². The van der Waals surface area contributed by atoms with E-state index in [1.54, 1.807) is 0 Å². The highest BCUT2D eigenvalue weighted by Gasteiger charge is 2.32. The Kier molecular flexibility index (Phi) is 5.44. The Balaban J connectivity index is 3.15. The molecule has 0 amide bonds. The van der Waals surface area contributed by atoms with Crippen LogP contribution in [0, 0.1) is 11.6 Å². The van der Waals surface area contributed by atoms with Crippen LogP contribution >= 0.6 is 0 Å². The van der Waals surface area contributed by atoms with Crippen molar-refractivity contribution in [3.05, 3.63) is 35.4 Å². The highest BCUT2D eigenvalue weighted by molar-refractivity contribution is 5.24. The standard InChI is InChI=1S/C15H24F2N2/c1-6-7-18-14(15(2,3)19(4)5)11-8-12(16)10-13(17)9-11/h8-10,14,18H,6-7H2,1-5H3. The Labute approximate surface area is 114 Å². The number of likely N-dealkylation sites (N-methyl/N-ethyl adjacent to an activating group) is 1. The molecule has 108 valence electrons. The summed E-state index contributed by atoms with van der Waals surface area (Å²) in [4.78, 5) is 2.06. The lowest BCUT2D eigenvalue weighted by Crippen LogP contribution is -2.49. The van der Waals surface area contributed by atoms with Gasteiger partial charge in [0.15, 0.2) is 0 Å². The van der Waals surface area contributed by atoms with Gasteiger partial charge in [-0.05, 0) is 58.6 Å². The van der Waals surface area contributed by atoms with E-state index in [0.717, 1.165) is 19.0 Å². The van der Waals surface area contributed by atoms with Crippen LogP contribution in [0.2, 0.25) is 0 Å². The maximum atomic E-state index is 13.4. The normalized spacial score (nSPS) is 13.9. The van der Waals surface area contributed by atoms with Crippen LogP contribution in [-0.2, 0) is 0 Å². The van der Waals surface area contributed by atoms with Gasteiger partial charge in [-0.25, -0.2) is 8.78 Å². The van der Waals surface area contributed by atoms with Gasteiger partial charge in [-0.15, -0.1) is 0 Å². The van der Waals surface area contributed by atoms with Crippen molar-refractivity contribution in [2.75, 3.05) is 20.6 Å². The van der Waals surface area contributed by atoms with E-state index >= 15 is 0 Å². The molecule has 0 saturated heterocycles. The second kappa shape index (κ2) is 6.44. The second-order valence-corrected chi connectivity index (χ2v) is 5.64. The summed E-state index contributed by atoms with van der Waals surface area (Å²) in [5, 5.41) is 3.39. The maximum Gasteiger partial charge on any atom is 0.126 e. The van der Waals surface area contributed by atoms with Gasteiger partial charge in [0.2, 0.25) is 0 Å². The summed E-state index contributed by atoms with van der Waals surface area (Å²) in [5.41, 5.74) is 0.389. The molecule has 0 bridgehead atoms. The van der Waals surface area contributed by atoms with E-state index in [-0.39, 0.29) is 11.6 Å².